The van der Waals surface area contributed by atoms with E-state index in [4.69, 9.17) is 4.74 Å². The lowest BCUT2D eigenvalue weighted by Gasteiger charge is -2.23. The number of halogens is 2. The number of fused-ring (bicyclic) bond motifs is 1. The molecule has 0 spiro atoms. The van der Waals surface area contributed by atoms with Gasteiger partial charge in [-0.2, -0.15) is 0 Å². The Balaban J connectivity index is 1.61. The monoisotopic (exact) mass is 436 g/mol. The molecule has 0 radical (unpaired) electrons. The van der Waals surface area contributed by atoms with Gasteiger partial charge in [-0.1, -0.05) is 43.3 Å². The first-order valence-corrected chi connectivity index (χ1v) is 10.3. The van der Waals surface area contributed by atoms with Crippen LogP contribution in [0.2, 0.25) is 0 Å². The van der Waals surface area contributed by atoms with Gasteiger partial charge in [0, 0.05) is 24.3 Å². The van der Waals surface area contributed by atoms with E-state index in [9.17, 15) is 18.4 Å². The Bertz CT molecular complexity index is 1130. The largest absolute Gasteiger partial charge is 0.480 e. The van der Waals surface area contributed by atoms with Gasteiger partial charge in [0.25, 0.3) is 11.8 Å². The van der Waals surface area contributed by atoms with E-state index in [2.05, 4.69) is 5.32 Å². The summed E-state index contributed by atoms with van der Waals surface area (Å²) in [7, 11) is 0. The lowest BCUT2D eigenvalue weighted by Crippen LogP contribution is -2.38. The van der Waals surface area contributed by atoms with E-state index in [1.807, 2.05) is 37.3 Å². The van der Waals surface area contributed by atoms with E-state index in [1.54, 1.807) is 23.1 Å². The van der Waals surface area contributed by atoms with Crippen molar-refractivity contribution in [1.82, 2.24) is 4.90 Å². The Morgan fingerprint density at radius 1 is 1.06 bits per heavy atom. The van der Waals surface area contributed by atoms with Crippen LogP contribution in [0.25, 0.3) is 0 Å². The summed E-state index contributed by atoms with van der Waals surface area (Å²) in [5.74, 6) is -2.35. The molecule has 7 heteroatoms. The molecule has 3 aromatic rings. The fourth-order valence-electron chi connectivity index (χ4n) is 3.69. The summed E-state index contributed by atoms with van der Waals surface area (Å²) in [5, 5.41) is 2.53. The highest BCUT2D eigenvalue weighted by Gasteiger charge is 2.30. The maximum atomic E-state index is 13.9. The molecule has 1 aliphatic heterocycles. The fourth-order valence-corrected chi connectivity index (χ4v) is 3.69. The minimum absolute atomic E-state index is 0.119. The normalized spacial score (nSPS) is 15.5. The average molecular weight is 436 g/mol. The van der Waals surface area contributed by atoms with E-state index < -0.39 is 29.2 Å². The van der Waals surface area contributed by atoms with Crippen molar-refractivity contribution in [3.63, 3.8) is 0 Å². The van der Waals surface area contributed by atoms with Gasteiger partial charge in [-0.15, -0.1) is 0 Å². The van der Waals surface area contributed by atoms with Crippen molar-refractivity contribution in [2.75, 3.05) is 5.32 Å². The molecule has 4 rings (SSSR count). The molecule has 0 saturated heterocycles. The summed E-state index contributed by atoms with van der Waals surface area (Å²) in [6.07, 6.45) is -0.109. The molecule has 3 aromatic carbocycles. The van der Waals surface area contributed by atoms with Gasteiger partial charge in [-0.3, -0.25) is 9.59 Å². The van der Waals surface area contributed by atoms with Crippen LogP contribution in [0, 0.1) is 11.6 Å². The molecule has 0 aliphatic carbocycles. The third kappa shape index (κ3) is 4.46. The molecule has 1 atom stereocenters. The van der Waals surface area contributed by atoms with Crippen molar-refractivity contribution in [1.29, 1.82) is 0 Å². The van der Waals surface area contributed by atoms with Crippen molar-refractivity contribution in [3.05, 3.63) is 95.1 Å². The van der Waals surface area contributed by atoms with Crippen molar-refractivity contribution in [2.45, 2.75) is 32.5 Å². The zero-order valence-corrected chi connectivity index (χ0v) is 17.5. The molecular weight excluding hydrogens is 414 g/mol. The molecule has 1 aliphatic rings. The molecule has 1 heterocycles. The number of hydrogen-bond donors (Lipinski definition) is 1. The predicted molar refractivity (Wildman–Crippen MR) is 116 cm³/mol. The first-order chi connectivity index (χ1) is 15.5. The summed E-state index contributed by atoms with van der Waals surface area (Å²) < 4.78 is 33.8. The van der Waals surface area contributed by atoms with E-state index in [0.29, 0.717) is 30.0 Å². The highest BCUT2D eigenvalue weighted by atomic mass is 19.1. The van der Waals surface area contributed by atoms with Crippen molar-refractivity contribution in [3.8, 4) is 5.75 Å². The average Bonchev–Trinajstić information content (AvgIpc) is 2.90. The quantitative estimate of drug-likeness (QED) is 0.618. The third-order valence-corrected chi connectivity index (χ3v) is 5.31. The van der Waals surface area contributed by atoms with E-state index >= 15 is 0 Å². The molecule has 164 valence electrons. The second kappa shape index (κ2) is 9.18. The zero-order chi connectivity index (χ0) is 22.7. The second-order valence-corrected chi connectivity index (χ2v) is 7.57. The number of nitrogens with zero attached hydrogens (tertiary/aromatic N) is 1. The number of nitrogens with one attached hydrogen (secondary N) is 1. The van der Waals surface area contributed by atoms with Crippen LogP contribution in [0.15, 0.2) is 66.7 Å². The number of amides is 2. The third-order valence-electron chi connectivity index (χ3n) is 5.31. The van der Waals surface area contributed by atoms with Crippen molar-refractivity contribution >= 4 is 17.5 Å². The zero-order valence-electron chi connectivity index (χ0n) is 17.5. The van der Waals surface area contributed by atoms with Gasteiger partial charge in [-0.25, -0.2) is 8.78 Å². The Hall–Kier alpha value is -3.74. The number of carbonyl (C=O) groups is 2. The number of hydrogen-bond acceptors (Lipinski definition) is 3. The number of carbonyl (C=O) groups excluding carboxylic acids is 2. The van der Waals surface area contributed by atoms with Crippen LogP contribution < -0.4 is 10.1 Å². The van der Waals surface area contributed by atoms with E-state index in [0.717, 1.165) is 17.7 Å². The van der Waals surface area contributed by atoms with Crippen LogP contribution in [-0.4, -0.2) is 22.8 Å². The Labute approximate surface area is 184 Å². The lowest BCUT2D eigenvalue weighted by molar-refractivity contribution is -0.139. The SMILES string of the molecule is CC[C@H]1Oc2ccc(NC(=O)c3c(F)cccc3F)cc2CN(Cc2ccccc2)C1=O. The van der Waals surface area contributed by atoms with Crippen LogP contribution in [-0.2, 0) is 17.9 Å². The van der Waals surface area contributed by atoms with E-state index in [1.165, 1.54) is 6.07 Å². The lowest BCUT2D eigenvalue weighted by atomic mass is 10.1. The van der Waals surface area contributed by atoms with Crippen LogP contribution >= 0.6 is 0 Å². The Morgan fingerprint density at radius 3 is 2.47 bits per heavy atom. The Morgan fingerprint density at radius 2 is 1.78 bits per heavy atom. The molecule has 0 unspecified atom stereocenters. The number of ether oxygens (including phenoxy) is 1. The van der Waals surface area contributed by atoms with Crippen LogP contribution in [0.5, 0.6) is 5.75 Å². The standard InChI is InChI=1S/C25H22F2N2O3/c1-2-21-25(31)29(14-16-7-4-3-5-8-16)15-17-13-18(11-12-22(17)32-21)28-24(30)23-19(26)9-6-10-20(23)27/h3-13,21H,2,14-15H2,1H3,(H,28,30)/t21-/m1/s1. The molecule has 1 N–H and O–H groups in total. The maximum absolute atomic E-state index is 13.9. The molecule has 2 amide bonds. The van der Waals surface area contributed by atoms with E-state index in [-0.39, 0.29) is 12.5 Å². The molecule has 0 aromatic heterocycles. The number of anilines is 1. The Kier molecular flexibility index (Phi) is 6.16. The highest BCUT2D eigenvalue weighted by molar-refractivity contribution is 6.04. The van der Waals surface area contributed by atoms with Crippen molar-refractivity contribution < 1.29 is 23.1 Å². The molecule has 0 fully saturated rings. The molecular formula is C25H22F2N2O3. The summed E-state index contributed by atoms with van der Waals surface area (Å²) in [6.45, 7) is 2.57. The van der Waals surface area contributed by atoms with Crippen LogP contribution in [0.3, 0.4) is 0 Å². The van der Waals surface area contributed by atoms with Gasteiger partial charge < -0.3 is 15.0 Å². The minimum Gasteiger partial charge on any atom is -0.480 e. The fraction of sp³-hybridized carbons (Fsp3) is 0.200. The van der Waals surface area contributed by atoms with Crippen LogP contribution in [0.4, 0.5) is 14.5 Å². The van der Waals surface area contributed by atoms with Gasteiger partial charge >= 0.3 is 0 Å². The minimum atomic E-state index is -0.939. The van der Waals surface area contributed by atoms with Gasteiger partial charge in [-0.05, 0) is 42.3 Å². The molecule has 0 bridgehead atoms. The van der Waals surface area contributed by atoms with Gasteiger partial charge in [0.1, 0.15) is 22.9 Å². The molecule has 5 nitrogen and oxygen atoms in total. The molecule has 32 heavy (non-hydrogen) atoms. The number of benzene rings is 3. The van der Waals surface area contributed by atoms with Gasteiger partial charge in [0.05, 0.1) is 0 Å². The highest BCUT2D eigenvalue weighted by Crippen LogP contribution is 2.30. The smallest absolute Gasteiger partial charge is 0.264 e. The van der Waals surface area contributed by atoms with Gasteiger partial charge in [0.15, 0.2) is 6.10 Å². The van der Waals surface area contributed by atoms with Crippen molar-refractivity contribution in [2.24, 2.45) is 0 Å². The summed E-state index contributed by atoms with van der Waals surface area (Å²) in [4.78, 5) is 27.2. The first-order valence-electron chi connectivity index (χ1n) is 10.3. The maximum Gasteiger partial charge on any atom is 0.264 e. The summed E-state index contributed by atoms with van der Waals surface area (Å²) in [6, 6.07) is 17.8. The number of rotatable bonds is 5. The topological polar surface area (TPSA) is 58.6 Å². The second-order valence-electron chi connectivity index (χ2n) is 7.57. The summed E-state index contributed by atoms with van der Waals surface area (Å²) in [5.41, 5.74) is 1.38. The summed E-state index contributed by atoms with van der Waals surface area (Å²) >= 11 is 0. The van der Waals surface area contributed by atoms with Crippen LogP contribution in [0.1, 0.15) is 34.8 Å². The predicted octanol–water partition coefficient (Wildman–Crippen LogP) is 4.92. The molecule has 0 saturated carbocycles. The first kappa shape index (κ1) is 21.5. The van der Waals surface area contributed by atoms with Gasteiger partial charge in [0.2, 0.25) is 0 Å².